The average Bonchev–Trinajstić information content (AvgIpc) is 2.58. The third-order valence-electron chi connectivity index (χ3n) is 4.00. The smallest absolute Gasteiger partial charge is 0.416 e. The molecular formula is C20H24F3NO2. The van der Waals surface area contributed by atoms with Crippen molar-refractivity contribution in [1.82, 2.24) is 0 Å². The summed E-state index contributed by atoms with van der Waals surface area (Å²) in [6.45, 7) is 3.85. The Bertz CT molecular complexity index is 712. The van der Waals surface area contributed by atoms with Gasteiger partial charge in [0, 0.05) is 6.04 Å². The number of benzene rings is 2. The van der Waals surface area contributed by atoms with Gasteiger partial charge in [0.05, 0.1) is 18.8 Å². The van der Waals surface area contributed by atoms with Crippen LogP contribution in [0.5, 0.6) is 11.5 Å². The maximum absolute atomic E-state index is 12.6. The Kier molecular flexibility index (Phi) is 6.53. The Morgan fingerprint density at radius 3 is 2.19 bits per heavy atom. The van der Waals surface area contributed by atoms with E-state index in [1.165, 1.54) is 12.1 Å². The van der Waals surface area contributed by atoms with E-state index < -0.39 is 11.7 Å². The van der Waals surface area contributed by atoms with E-state index in [0.29, 0.717) is 24.3 Å². The highest BCUT2D eigenvalue weighted by molar-refractivity contribution is 5.44. The first-order valence-electron chi connectivity index (χ1n) is 8.47. The first kappa shape index (κ1) is 20.1. The van der Waals surface area contributed by atoms with Crippen LogP contribution in [0, 0.1) is 0 Å². The summed E-state index contributed by atoms with van der Waals surface area (Å²) in [6, 6.07) is 10.5. The van der Waals surface area contributed by atoms with Crippen LogP contribution < -0.4 is 15.2 Å². The molecule has 0 aromatic heterocycles. The van der Waals surface area contributed by atoms with Gasteiger partial charge in [-0.3, -0.25) is 0 Å². The average molecular weight is 367 g/mol. The Morgan fingerprint density at radius 2 is 1.65 bits per heavy atom. The van der Waals surface area contributed by atoms with Gasteiger partial charge in [0.15, 0.2) is 11.5 Å². The lowest BCUT2D eigenvalue weighted by Crippen LogP contribution is -2.13. The van der Waals surface area contributed by atoms with Gasteiger partial charge in [-0.25, -0.2) is 0 Å². The van der Waals surface area contributed by atoms with Crippen LogP contribution in [-0.2, 0) is 12.6 Å². The van der Waals surface area contributed by atoms with E-state index in [4.69, 9.17) is 15.2 Å². The second-order valence-electron chi connectivity index (χ2n) is 6.42. The van der Waals surface area contributed by atoms with Gasteiger partial charge >= 0.3 is 6.18 Å². The molecular weight excluding hydrogens is 343 g/mol. The van der Waals surface area contributed by atoms with Crippen LogP contribution in [0.15, 0.2) is 42.5 Å². The molecule has 0 amide bonds. The minimum atomic E-state index is -4.31. The maximum Gasteiger partial charge on any atom is 0.416 e. The van der Waals surface area contributed by atoms with Crippen LogP contribution in [0.4, 0.5) is 13.2 Å². The molecule has 0 spiro atoms. The fourth-order valence-corrected chi connectivity index (χ4v) is 2.62. The Balaban J connectivity index is 2.04. The van der Waals surface area contributed by atoms with Crippen molar-refractivity contribution < 1.29 is 22.6 Å². The van der Waals surface area contributed by atoms with Crippen molar-refractivity contribution in [2.45, 2.75) is 45.0 Å². The summed E-state index contributed by atoms with van der Waals surface area (Å²) in [6.07, 6.45) is -3.11. The SMILES string of the molecule is COc1ccc(C(N)CCc2ccc(C(F)(F)F)cc2)cc1OC(C)C. The van der Waals surface area contributed by atoms with E-state index in [1.807, 2.05) is 32.0 Å². The molecule has 0 saturated carbocycles. The number of alkyl halides is 3. The predicted octanol–water partition coefficient (Wildman–Crippen LogP) is 5.13. The Morgan fingerprint density at radius 1 is 1.00 bits per heavy atom. The third kappa shape index (κ3) is 5.39. The normalized spacial score (nSPS) is 12.9. The summed E-state index contributed by atoms with van der Waals surface area (Å²) in [4.78, 5) is 0. The van der Waals surface area contributed by atoms with E-state index in [2.05, 4.69) is 0 Å². The van der Waals surface area contributed by atoms with Gasteiger partial charge in [-0.15, -0.1) is 0 Å². The van der Waals surface area contributed by atoms with Crippen LogP contribution in [0.3, 0.4) is 0 Å². The Hall–Kier alpha value is -2.21. The fourth-order valence-electron chi connectivity index (χ4n) is 2.62. The molecule has 142 valence electrons. The zero-order chi connectivity index (χ0) is 19.3. The molecule has 0 heterocycles. The predicted molar refractivity (Wildman–Crippen MR) is 95.5 cm³/mol. The van der Waals surface area contributed by atoms with Crippen molar-refractivity contribution in [3.05, 3.63) is 59.2 Å². The molecule has 2 rings (SSSR count). The summed E-state index contributed by atoms with van der Waals surface area (Å²) in [7, 11) is 1.58. The second kappa shape index (κ2) is 8.45. The molecule has 0 saturated heterocycles. The first-order chi connectivity index (χ1) is 12.2. The number of aryl methyl sites for hydroxylation is 1. The molecule has 0 radical (unpaired) electrons. The summed E-state index contributed by atoms with van der Waals surface area (Å²) >= 11 is 0. The van der Waals surface area contributed by atoms with Gasteiger partial charge in [0.1, 0.15) is 0 Å². The molecule has 26 heavy (non-hydrogen) atoms. The number of ether oxygens (including phenoxy) is 2. The summed E-state index contributed by atoms with van der Waals surface area (Å²) in [5.74, 6) is 1.27. The number of hydrogen-bond donors (Lipinski definition) is 1. The van der Waals surface area contributed by atoms with Crippen LogP contribution in [0.1, 0.15) is 43.0 Å². The lowest BCUT2D eigenvalue weighted by atomic mass is 9.98. The topological polar surface area (TPSA) is 44.5 Å². The molecule has 0 aliphatic carbocycles. The highest BCUT2D eigenvalue weighted by Gasteiger charge is 2.29. The van der Waals surface area contributed by atoms with E-state index in [0.717, 1.165) is 23.3 Å². The molecule has 0 fully saturated rings. The first-order valence-corrected chi connectivity index (χ1v) is 8.47. The van der Waals surface area contributed by atoms with E-state index >= 15 is 0 Å². The minimum Gasteiger partial charge on any atom is -0.493 e. The van der Waals surface area contributed by atoms with Crippen molar-refractivity contribution in [3.8, 4) is 11.5 Å². The van der Waals surface area contributed by atoms with Gasteiger partial charge in [-0.1, -0.05) is 18.2 Å². The maximum atomic E-state index is 12.6. The molecule has 0 aliphatic heterocycles. The van der Waals surface area contributed by atoms with Gasteiger partial charge in [-0.2, -0.15) is 13.2 Å². The molecule has 1 atom stereocenters. The van der Waals surface area contributed by atoms with Crippen molar-refractivity contribution in [3.63, 3.8) is 0 Å². The molecule has 3 nitrogen and oxygen atoms in total. The molecule has 6 heteroatoms. The Labute approximate surface area is 151 Å². The lowest BCUT2D eigenvalue weighted by Gasteiger charge is -2.18. The van der Waals surface area contributed by atoms with Gasteiger partial charge < -0.3 is 15.2 Å². The number of nitrogens with two attached hydrogens (primary N) is 1. The van der Waals surface area contributed by atoms with Gasteiger partial charge in [-0.05, 0) is 62.1 Å². The quantitative estimate of drug-likeness (QED) is 0.737. The number of hydrogen-bond acceptors (Lipinski definition) is 3. The van der Waals surface area contributed by atoms with Crippen LogP contribution in [-0.4, -0.2) is 13.2 Å². The van der Waals surface area contributed by atoms with Crippen molar-refractivity contribution in [2.75, 3.05) is 7.11 Å². The third-order valence-corrected chi connectivity index (χ3v) is 4.00. The zero-order valence-corrected chi connectivity index (χ0v) is 15.1. The van der Waals surface area contributed by atoms with Crippen molar-refractivity contribution >= 4 is 0 Å². The summed E-state index contributed by atoms with van der Waals surface area (Å²) in [5.41, 5.74) is 7.33. The van der Waals surface area contributed by atoms with Gasteiger partial charge in [0.2, 0.25) is 0 Å². The van der Waals surface area contributed by atoms with E-state index in [-0.39, 0.29) is 12.1 Å². The van der Waals surface area contributed by atoms with Crippen LogP contribution in [0.25, 0.3) is 0 Å². The van der Waals surface area contributed by atoms with Gasteiger partial charge in [0.25, 0.3) is 0 Å². The standard InChI is InChI=1S/C20H24F3NO2/c1-13(2)26-19-12-15(7-11-18(19)25-3)17(24)10-6-14-4-8-16(9-5-14)20(21,22)23/h4-5,7-9,11-13,17H,6,10,24H2,1-3H3. The molecule has 2 aromatic rings. The molecule has 2 N–H and O–H groups in total. The highest BCUT2D eigenvalue weighted by atomic mass is 19.4. The van der Waals surface area contributed by atoms with Crippen molar-refractivity contribution in [2.24, 2.45) is 5.73 Å². The molecule has 0 aliphatic rings. The second-order valence-corrected chi connectivity index (χ2v) is 6.42. The number of halogens is 3. The van der Waals surface area contributed by atoms with Crippen molar-refractivity contribution in [1.29, 1.82) is 0 Å². The van der Waals surface area contributed by atoms with Crippen LogP contribution in [0.2, 0.25) is 0 Å². The summed E-state index contributed by atoms with van der Waals surface area (Å²) < 4.78 is 48.8. The fraction of sp³-hybridized carbons (Fsp3) is 0.400. The largest absolute Gasteiger partial charge is 0.493 e. The zero-order valence-electron chi connectivity index (χ0n) is 15.1. The molecule has 1 unspecified atom stereocenters. The monoisotopic (exact) mass is 367 g/mol. The van der Waals surface area contributed by atoms with E-state index in [9.17, 15) is 13.2 Å². The van der Waals surface area contributed by atoms with Crippen LogP contribution >= 0.6 is 0 Å². The lowest BCUT2D eigenvalue weighted by molar-refractivity contribution is -0.137. The summed E-state index contributed by atoms with van der Waals surface area (Å²) in [5, 5.41) is 0. The molecule has 0 bridgehead atoms. The number of rotatable bonds is 7. The van der Waals surface area contributed by atoms with E-state index in [1.54, 1.807) is 7.11 Å². The number of methoxy groups -OCH3 is 1. The molecule has 2 aromatic carbocycles. The highest BCUT2D eigenvalue weighted by Crippen LogP contribution is 2.32. The minimum absolute atomic E-state index is 0.00233.